The lowest BCUT2D eigenvalue weighted by atomic mass is 9.78. The number of furan rings is 1. The van der Waals surface area contributed by atoms with Crippen LogP contribution in [-0.4, -0.2) is 55.4 Å². The highest BCUT2D eigenvalue weighted by molar-refractivity contribution is 5.93. The van der Waals surface area contributed by atoms with E-state index >= 15 is 0 Å². The lowest BCUT2D eigenvalue weighted by molar-refractivity contribution is -0.143. The molecule has 2 saturated heterocycles. The van der Waals surface area contributed by atoms with Gasteiger partial charge in [-0.2, -0.15) is 0 Å². The van der Waals surface area contributed by atoms with Crippen molar-refractivity contribution in [2.24, 2.45) is 5.41 Å². The van der Waals surface area contributed by atoms with Crippen LogP contribution in [0.15, 0.2) is 16.5 Å². The second-order valence-corrected chi connectivity index (χ2v) is 5.91. The number of rotatable bonds is 2. The Bertz CT molecular complexity index is 568. The van der Waals surface area contributed by atoms with E-state index in [1.165, 1.54) is 7.11 Å². The van der Waals surface area contributed by atoms with Crippen LogP contribution in [0.4, 0.5) is 0 Å². The van der Waals surface area contributed by atoms with Gasteiger partial charge in [0.15, 0.2) is 5.76 Å². The van der Waals surface area contributed by atoms with Crippen LogP contribution in [-0.2, 0) is 4.79 Å². The van der Waals surface area contributed by atoms with Crippen molar-refractivity contribution in [3.63, 3.8) is 0 Å². The molecule has 0 N–H and O–H groups in total. The summed E-state index contributed by atoms with van der Waals surface area (Å²) in [5.74, 6) is 0.582. The summed E-state index contributed by atoms with van der Waals surface area (Å²) in [5, 5.41) is 0. The van der Waals surface area contributed by atoms with Crippen LogP contribution in [0.1, 0.15) is 29.8 Å². The van der Waals surface area contributed by atoms with E-state index in [0.717, 1.165) is 25.8 Å². The summed E-state index contributed by atoms with van der Waals surface area (Å²) in [6.07, 6.45) is 2.60. The molecule has 114 valence electrons. The molecular weight excluding hydrogens is 272 g/mol. The summed E-state index contributed by atoms with van der Waals surface area (Å²) < 4.78 is 10.3. The van der Waals surface area contributed by atoms with Crippen molar-refractivity contribution < 1.29 is 18.7 Å². The van der Waals surface area contributed by atoms with Gasteiger partial charge in [0.1, 0.15) is 0 Å². The third-order valence-electron chi connectivity index (χ3n) is 4.58. The van der Waals surface area contributed by atoms with Gasteiger partial charge in [0, 0.05) is 32.7 Å². The molecule has 0 bridgehead atoms. The topological polar surface area (TPSA) is 63.0 Å². The van der Waals surface area contributed by atoms with Crippen molar-refractivity contribution in [2.75, 3.05) is 33.8 Å². The summed E-state index contributed by atoms with van der Waals surface area (Å²) in [6, 6.07) is 3.24. The molecule has 2 fully saturated rings. The molecular formula is C15H20N2O4. The predicted molar refractivity (Wildman–Crippen MR) is 75.1 cm³/mol. The van der Waals surface area contributed by atoms with E-state index in [-0.39, 0.29) is 23.0 Å². The van der Waals surface area contributed by atoms with Gasteiger partial charge in [0.2, 0.25) is 5.91 Å². The number of hydrogen-bond donors (Lipinski definition) is 0. The molecule has 21 heavy (non-hydrogen) atoms. The van der Waals surface area contributed by atoms with E-state index < -0.39 is 0 Å². The maximum Gasteiger partial charge on any atom is 0.289 e. The Labute approximate surface area is 123 Å². The van der Waals surface area contributed by atoms with E-state index in [2.05, 4.69) is 0 Å². The highest BCUT2D eigenvalue weighted by Crippen LogP contribution is 2.40. The summed E-state index contributed by atoms with van der Waals surface area (Å²) >= 11 is 0. The molecule has 0 saturated carbocycles. The average molecular weight is 292 g/mol. The molecule has 2 aliphatic heterocycles. The molecule has 6 nitrogen and oxygen atoms in total. The van der Waals surface area contributed by atoms with Crippen LogP contribution in [0.5, 0.6) is 5.95 Å². The van der Waals surface area contributed by atoms with Gasteiger partial charge in [-0.25, -0.2) is 0 Å². The summed E-state index contributed by atoms with van der Waals surface area (Å²) in [4.78, 5) is 28.4. The molecule has 1 aromatic heterocycles. The number of nitrogens with zero attached hydrogens (tertiary/aromatic N) is 2. The van der Waals surface area contributed by atoms with Gasteiger partial charge < -0.3 is 19.0 Å². The molecule has 1 aromatic rings. The largest absolute Gasteiger partial charge is 0.468 e. The minimum atomic E-state index is -0.390. The zero-order chi connectivity index (χ0) is 15.0. The number of ether oxygens (including phenoxy) is 1. The van der Waals surface area contributed by atoms with Crippen molar-refractivity contribution in [2.45, 2.75) is 19.3 Å². The Kier molecular flexibility index (Phi) is 3.39. The molecule has 1 atom stereocenters. The first-order chi connectivity index (χ1) is 10.1. The highest BCUT2D eigenvalue weighted by atomic mass is 16.6. The third-order valence-corrected chi connectivity index (χ3v) is 4.58. The molecule has 2 amide bonds. The van der Waals surface area contributed by atoms with Crippen molar-refractivity contribution in [1.29, 1.82) is 0 Å². The predicted octanol–water partition coefficient (Wildman–Crippen LogP) is 1.37. The minimum absolute atomic E-state index is 0.168. The first kappa shape index (κ1) is 14.0. The Morgan fingerprint density at radius 3 is 2.86 bits per heavy atom. The number of amides is 2. The van der Waals surface area contributed by atoms with E-state index in [4.69, 9.17) is 9.15 Å². The number of carbonyl (C=O) groups is 2. The Balaban J connectivity index is 1.74. The maximum atomic E-state index is 12.4. The molecule has 1 unspecified atom stereocenters. The van der Waals surface area contributed by atoms with E-state index in [1.54, 1.807) is 21.9 Å². The third kappa shape index (κ3) is 2.28. The van der Waals surface area contributed by atoms with Gasteiger partial charge in [-0.05, 0) is 25.3 Å². The van der Waals surface area contributed by atoms with Crippen molar-refractivity contribution in [3.05, 3.63) is 17.9 Å². The molecule has 3 rings (SSSR count). The summed E-state index contributed by atoms with van der Waals surface area (Å²) in [5.41, 5.74) is -0.390. The fourth-order valence-electron chi connectivity index (χ4n) is 3.39. The van der Waals surface area contributed by atoms with Crippen LogP contribution in [0.2, 0.25) is 0 Å². The number of piperidine rings is 1. The molecule has 1 spiro atoms. The van der Waals surface area contributed by atoms with Crippen LogP contribution in [0.25, 0.3) is 0 Å². The summed E-state index contributed by atoms with van der Waals surface area (Å²) in [7, 11) is 3.33. The van der Waals surface area contributed by atoms with Crippen molar-refractivity contribution in [3.8, 4) is 5.95 Å². The fourth-order valence-corrected chi connectivity index (χ4v) is 3.39. The van der Waals surface area contributed by atoms with Crippen LogP contribution < -0.4 is 4.74 Å². The van der Waals surface area contributed by atoms with Crippen molar-refractivity contribution in [1.82, 2.24) is 9.80 Å². The number of carbonyl (C=O) groups excluding carboxylic acids is 2. The van der Waals surface area contributed by atoms with Gasteiger partial charge in [0.05, 0.1) is 12.5 Å². The number of likely N-dealkylation sites (tertiary alicyclic amines) is 2. The van der Waals surface area contributed by atoms with Crippen molar-refractivity contribution >= 4 is 11.8 Å². The van der Waals surface area contributed by atoms with Gasteiger partial charge >= 0.3 is 0 Å². The Morgan fingerprint density at radius 2 is 2.14 bits per heavy atom. The van der Waals surface area contributed by atoms with Gasteiger partial charge in [0.25, 0.3) is 11.9 Å². The van der Waals surface area contributed by atoms with Crippen LogP contribution in [0.3, 0.4) is 0 Å². The smallest absolute Gasteiger partial charge is 0.289 e. The first-order valence-electron chi connectivity index (χ1n) is 7.24. The lowest BCUT2D eigenvalue weighted by Crippen LogP contribution is -2.48. The lowest BCUT2D eigenvalue weighted by Gasteiger charge is -2.37. The molecule has 0 aliphatic carbocycles. The standard InChI is InChI=1S/C15H20N2O4/c1-16-8-3-6-15(14(16)19)7-9-17(10-15)13(18)11-4-5-12(20-2)21-11/h4-5H,3,6-10H2,1-2H3. The van der Waals surface area contributed by atoms with Gasteiger partial charge in [-0.15, -0.1) is 0 Å². The summed E-state index contributed by atoms with van der Waals surface area (Å²) in [6.45, 7) is 1.89. The van der Waals surface area contributed by atoms with Gasteiger partial charge in [-0.1, -0.05) is 0 Å². The minimum Gasteiger partial charge on any atom is -0.468 e. The van der Waals surface area contributed by atoms with Gasteiger partial charge in [-0.3, -0.25) is 9.59 Å². The molecule has 3 heterocycles. The second kappa shape index (κ2) is 5.09. The molecule has 0 radical (unpaired) electrons. The monoisotopic (exact) mass is 292 g/mol. The Hall–Kier alpha value is -1.98. The maximum absolute atomic E-state index is 12.4. The zero-order valence-electron chi connectivity index (χ0n) is 12.4. The quantitative estimate of drug-likeness (QED) is 0.826. The molecule has 2 aliphatic rings. The normalized spacial score (nSPS) is 25.7. The van der Waals surface area contributed by atoms with E-state index in [9.17, 15) is 9.59 Å². The molecule has 6 heteroatoms. The zero-order valence-corrected chi connectivity index (χ0v) is 12.4. The fraction of sp³-hybridized carbons (Fsp3) is 0.600. The highest BCUT2D eigenvalue weighted by Gasteiger charge is 2.48. The second-order valence-electron chi connectivity index (χ2n) is 5.91. The van der Waals surface area contributed by atoms with Crippen LogP contribution in [0, 0.1) is 5.41 Å². The van der Waals surface area contributed by atoms with E-state index in [1.807, 2.05) is 7.05 Å². The number of methoxy groups -OCH3 is 1. The Morgan fingerprint density at radius 1 is 1.33 bits per heavy atom. The SMILES string of the molecule is COc1ccc(C(=O)N2CCC3(CCCN(C)C3=O)C2)o1. The molecule has 0 aromatic carbocycles. The first-order valence-corrected chi connectivity index (χ1v) is 7.24. The van der Waals surface area contributed by atoms with Crippen LogP contribution >= 0.6 is 0 Å². The number of hydrogen-bond acceptors (Lipinski definition) is 4. The van der Waals surface area contributed by atoms with E-state index in [0.29, 0.717) is 19.0 Å². The average Bonchev–Trinajstić information content (AvgIpc) is 3.12.